The molecule has 3 aromatic rings. The highest BCUT2D eigenvalue weighted by molar-refractivity contribution is 6.99. The van der Waals surface area contributed by atoms with Gasteiger partial charge in [0.2, 0.25) is 0 Å². The van der Waals surface area contributed by atoms with Gasteiger partial charge in [0.15, 0.2) is 5.89 Å². The van der Waals surface area contributed by atoms with E-state index in [0.717, 1.165) is 5.69 Å². The van der Waals surface area contributed by atoms with Crippen molar-refractivity contribution in [3.63, 3.8) is 0 Å². The third-order valence-electron chi connectivity index (χ3n) is 5.61. The van der Waals surface area contributed by atoms with Crippen molar-refractivity contribution >= 4 is 18.7 Å². The van der Waals surface area contributed by atoms with E-state index in [1.54, 1.807) is 6.26 Å². The molecule has 160 valence electrons. The highest BCUT2D eigenvalue weighted by atomic mass is 28.4. The van der Waals surface area contributed by atoms with Gasteiger partial charge in [-0.25, -0.2) is 4.98 Å². The van der Waals surface area contributed by atoms with Crippen molar-refractivity contribution in [1.82, 2.24) is 4.98 Å². The van der Waals surface area contributed by atoms with Crippen molar-refractivity contribution in [3.8, 4) is 0 Å². The van der Waals surface area contributed by atoms with Crippen molar-refractivity contribution in [1.29, 1.82) is 0 Å². The highest BCUT2D eigenvalue weighted by Crippen LogP contribution is 2.37. The van der Waals surface area contributed by atoms with Gasteiger partial charge in [0.1, 0.15) is 12.0 Å². The maximum Gasteiger partial charge on any atom is 0.261 e. The van der Waals surface area contributed by atoms with Gasteiger partial charge in [-0.3, -0.25) is 0 Å². The SMILES string of the molecule is CC(C)C(O)Cc1nc(CO[Si](c2ccccc2)(c2ccccc2)C(C)(C)C)co1. The fourth-order valence-corrected chi connectivity index (χ4v) is 8.39. The highest BCUT2D eigenvalue weighted by Gasteiger charge is 2.50. The van der Waals surface area contributed by atoms with Crippen molar-refractivity contribution in [2.24, 2.45) is 5.92 Å². The van der Waals surface area contributed by atoms with E-state index in [2.05, 4.69) is 74.3 Å². The van der Waals surface area contributed by atoms with Gasteiger partial charge in [-0.15, -0.1) is 0 Å². The average molecular weight is 424 g/mol. The third-order valence-corrected chi connectivity index (χ3v) is 10.6. The first-order chi connectivity index (χ1) is 14.2. The Morgan fingerprint density at radius 3 is 1.97 bits per heavy atom. The zero-order chi connectivity index (χ0) is 21.8. The van der Waals surface area contributed by atoms with Crippen molar-refractivity contribution < 1.29 is 13.9 Å². The number of oxazole rings is 1. The second kappa shape index (κ2) is 9.29. The Hall–Kier alpha value is -2.21. The van der Waals surface area contributed by atoms with Crippen LogP contribution in [0.15, 0.2) is 71.3 Å². The number of hydrogen-bond acceptors (Lipinski definition) is 4. The number of aliphatic hydroxyl groups is 1. The molecule has 30 heavy (non-hydrogen) atoms. The Bertz CT molecular complexity index is 877. The minimum absolute atomic E-state index is 0.0872. The first-order valence-electron chi connectivity index (χ1n) is 10.6. The van der Waals surface area contributed by atoms with Crippen LogP contribution in [-0.4, -0.2) is 24.5 Å². The summed E-state index contributed by atoms with van der Waals surface area (Å²) in [6, 6.07) is 21.1. The smallest absolute Gasteiger partial charge is 0.261 e. The van der Waals surface area contributed by atoms with Gasteiger partial charge in [0, 0.05) is 0 Å². The molecule has 0 aliphatic heterocycles. The Balaban J connectivity index is 1.94. The predicted molar refractivity (Wildman–Crippen MR) is 123 cm³/mol. The largest absolute Gasteiger partial charge is 0.449 e. The lowest BCUT2D eigenvalue weighted by atomic mass is 10.0. The summed E-state index contributed by atoms with van der Waals surface area (Å²) in [5.74, 6) is 0.714. The van der Waals surface area contributed by atoms with Gasteiger partial charge >= 0.3 is 0 Å². The first-order valence-corrected chi connectivity index (χ1v) is 12.5. The average Bonchev–Trinajstić information content (AvgIpc) is 3.16. The maximum absolute atomic E-state index is 10.1. The molecule has 1 atom stereocenters. The number of rotatable bonds is 8. The van der Waals surface area contributed by atoms with Gasteiger partial charge in [-0.2, -0.15) is 0 Å². The van der Waals surface area contributed by atoms with E-state index in [0.29, 0.717) is 18.9 Å². The normalized spacial score (nSPS) is 13.6. The van der Waals surface area contributed by atoms with Crippen LogP contribution in [0.2, 0.25) is 5.04 Å². The fraction of sp³-hybridized carbons (Fsp3) is 0.400. The first kappa shape index (κ1) is 22.5. The molecule has 1 aromatic heterocycles. The molecule has 2 aromatic carbocycles. The lowest BCUT2D eigenvalue weighted by molar-refractivity contribution is 0.118. The summed E-state index contributed by atoms with van der Waals surface area (Å²) in [5, 5.41) is 12.5. The molecule has 1 unspecified atom stereocenters. The molecule has 1 N–H and O–H groups in total. The summed E-state index contributed by atoms with van der Waals surface area (Å²) >= 11 is 0. The number of aromatic nitrogens is 1. The van der Waals surface area contributed by atoms with Gasteiger partial charge < -0.3 is 13.9 Å². The van der Waals surface area contributed by atoms with E-state index in [1.807, 2.05) is 26.0 Å². The summed E-state index contributed by atoms with van der Waals surface area (Å²) in [6.07, 6.45) is 1.60. The Morgan fingerprint density at radius 2 is 1.50 bits per heavy atom. The second-order valence-corrected chi connectivity index (χ2v) is 13.5. The molecule has 4 nitrogen and oxygen atoms in total. The van der Waals surface area contributed by atoms with E-state index >= 15 is 0 Å². The molecule has 0 saturated carbocycles. The Kier molecular flexibility index (Phi) is 6.96. The van der Waals surface area contributed by atoms with Crippen molar-refractivity contribution in [3.05, 3.63) is 78.5 Å². The van der Waals surface area contributed by atoms with Crippen molar-refractivity contribution in [2.75, 3.05) is 0 Å². The molecular formula is C25H33NO3Si. The number of hydrogen-bond donors (Lipinski definition) is 1. The Labute approximate surface area is 181 Å². The quantitative estimate of drug-likeness (QED) is 0.549. The van der Waals surface area contributed by atoms with Crippen LogP contribution in [0.25, 0.3) is 0 Å². The molecule has 0 amide bonds. The van der Waals surface area contributed by atoms with Crippen LogP contribution in [-0.2, 0) is 17.5 Å². The van der Waals surface area contributed by atoms with Crippen LogP contribution in [0.3, 0.4) is 0 Å². The van der Waals surface area contributed by atoms with Crippen molar-refractivity contribution in [2.45, 2.75) is 58.8 Å². The zero-order valence-electron chi connectivity index (χ0n) is 18.6. The van der Waals surface area contributed by atoms with Crippen LogP contribution < -0.4 is 10.4 Å². The van der Waals surface area contributed by atoms with E-state index in [9.17, 15) is 5.11 Å². The van der Waals surface area contributed by atoms with Crippen LogP contribution in [0.5, 0.6) is 0 Å². The lowest BCUT2D eigenvalue weighted by Crippen LogP contribution is -2.66. The molecule has 0 bridgehead atoms. The molecule has 0 saturated heterocycles. The lowest BCUT2D eigenvalue weighted by Gasteiger charge is -2.42. The molecule has 0 spiro atoms. The van der Waals surface area contributed by atoms with Crippen LogP contribution in [0, 0.1) is 5.92 Å². The van der Waals surface area contributed by atoms with Gasteiger partial charge in [-0.05, 0) is 21.3 Å². The van der Waals surface area contributed by atoms with E-state index < -0.39 is 14.4 Å². The van der Waals surface area contributed by atoms with E-state index in [-0.39, 0.29) is 11.0 Å². The summed E-state index contributed by atoms with van der Waals surface area (Å²) in [7, 11) is -2.60. The molecule has 0 fully saturated rings. The molecular weight excluding hydrogens is 390 g/mol. The van der Waals surface area contributed by atoms with Gasteiger partial charge in [0.25, 0.3) is 8.32 Å². The monoisotopic (exact) mass is 423 g/mol. The Morgan fingerprint density at radius 1 is 0.967 bits per heavy atom. The molecule has 1 heterocycles. The van der Waals surface area contributed by atoms with Gasteiger partial charge in [0.05, 0.1) is 19.1 Å². The third kappa shape index (κ3) is 4.74. The maximum atomic E-state index is 10.1. The van der Waals surface area contributed by atoms with Crippen LogP contribution >= 0.6 is 0 Å². The summed E-state index contributed by atoms with van der Waals surface area (Å²) in [6.45, 7) is 11.1. The fourth-order valence-electron chi connectivity index (χ4n) is 3.87. The zero-order valence-corrected chi connectivity index (χ0v) is 19.6. The summed E-state index contributed by atoms with van der Waals surface area (Å²) in [5.41, 5.74) is 0.758. The van der Waals surface area contributed by atoms with E-state index in [1.165, 1.54) is 10.4 Å². The number of benzene rings is 2. The number of aliphatic hydroxyl groups excluding tert-OH is 1. The minimum atomic E-state index is -2.60. The second-order valence-electron chi connectivity index (χ2n) is 9.20. The standard InChI is InChI=1S/C25H33NO3Si/c1-19(2)23(27)16-24-26-20(17-28-24)18-29-30(25(3,4)5,21-12-8-6-9-13-21)22-14-10-7-11-15-22/h6-15,17,19,23,27H,16,18H2,1-5H3. The topological polar surface area (TPSA) is 55.5 Å². The molecule has 0 aliphatic carbocycles. The molecule has 0 aliphatic rings. The summed E-state index contributed by atoms with van der Waals surface area (Å²) in [4.78, 5) is 4.58. The van der Waals surface area contributed by atoms with Crippen LogP contribution in [0.1, 0.15) is 46.2 Å². The predicted octanol–water partition coefficient (Wildman–Crippen LogP) is 4.31. The molecule has 0 radical (unpaired) electrons. The molecule has 5 heteroatoms. The van der Waals surface area contributed by atoms with Crippen LogP contribution in [0.4, 0.5) is 0 Å². The van der Waals surface area contributed by atoms with Gasteiger partial charge in [-0.1, -0.05) is 95.3 Å². The number of nitrogens with zero attached hydrogens (tertiary/aromatic N) is 1. The van der Waals surface area contributed by atoms with E-state index in [4.69, 9.17) is 8.84 Å². The molecule has 3 rings (SSSR count). The minimum Gasteiger partial charge on any atom is -0.449 e. The summed E-state index contributed by atoms with van der Waals surface area (Å²) < 4.78 is 12.5.